The third-order valence-corrected chi connectivity index (χ3v) is 8.44. The molecule has 0 bridgehead atoms. The zero-order chi connectivity index (χ0) is 26.6. The van der Waals surface area contributed by atoms with Crippen LogP contribution in [0.25, 0.3) is 20.8 Å². The highest BCUT2D eigenvalue weighted by Crippen LogP contribution is 2.45. The maximum Gasteiger partial charge on any atom is 0.410 e. The van der Waals surface area contributed by atoms with Crippen LogP contribution in [-0.2, 0) is 22.5 Å². The maximum absolute atomic E-state index is 12.8. The molecular weight excluding hydrogens is 506 g/mol. The summed E-state index contributed by atoms with van der Waals surface area (Å²) in [6.45, 7) is 11.3. The molecular formula is C27H37N5O3S2. The number of hydrogen-bond donors (Lipinski definition) is 2. The molecule has 2 aliphatic rings. The Balaban J connectivity index is 0.00000156. The predicted octanol–water partition coefficient (Wildman–Crippen LogP) is 6.21. The molecule has 2 N–H and O–H groups in total. The number of fused-ring (bicyclic) bond motifs is 2. The van der Waals surface area contributed by atoms with E-state index in [1.54, 1.807) is 28.6 Å². The number of carbonyl (C=O) groups is 2. The topological polar surface area (TPSA) is 96.5 Å². The molecule has 0 saturated heterocycles. The first-order valence-electron chi connectivity index (χ1n) is 13.1. The number of thiophene rings is 1. The van der Waals surface area contributed by atoms with Crippen molar-refractivity contribution in [1.82, 2.24) is 20.2 Å². The van der Waals surface area contributed by atoms with Crippen LogP contribution in [0.3, 0.4) is 0 Å². The fourth-order valence-electron chi connectivity index (χ4n) is 4.28. The molecule has 200 valence electrons. The van der Waals surface area contributed by atoms with E-state index in [1.807, 2.05) is 40.7 Å². The van der Waals surface area contributed by atoms with Gasteiger partial charge in [0.25, 0.3) is 0 Å². The van der Waals surface area contributed by atoms with Crippen molar-refractivity contribution in [2.24, 2.45) is 0 Å². The van der Waals surface area contributed by atoms with Crippen LogP contribution in [-0.4, -0.2) is 51.6 Å². The molecule has 10 heteroatoms. The SMILES string of the molecule is CC.CC(C)(C)OC(=O)N1CCc2c(sc(NC(=O)CCNC3CCC3)c2-c2nc3cnccc3s2)C1. The van der Waals surface area contributed by atoms with Gasteiger partial charge in [0.15, 0.2) is 0 Å². The van der Waals surface area contributed by atoms with Crippen LogP contribution in [0.5, 0.6) is 0 Å². The van der Waals surface area contributed by atoms with E-state index in [0.29, 0.717) is 38.5 Å². The van der Waals surface area contributed by atoms with E-state index in [1.165, 1.54) is 30.6 Å². The second-order valence-electron chi connectivity index (χ2n) is 10.1. The van der Waals surface area contributed by atoms with E-state index < -0.39 is 5.60 Å². The number of nitrogens with zero attached hydrogens (tertiary/aromatic N) is 3. The number of anilines is 1. The lowest BCUT2D eigenvalue weighted by Crippen LogP contribution is -2.39. The van der Waals surface area contributed by atoms with Gasteiger partial charge < -0.3 is 20.3 Å². The highest BCUT2D eigenvalue weighted by Gasteiger charge is 2.31. The smallest absolute Gasteiger partial charge is 0.410 e. The van der Waals surface area contributed by atoms with Crippen molar-refractivity contribution in [1.29, 1.82) is 0 Å². The number of amides is 2. The molecule has 3 aromatic rings. The Morgan fingerprint density at radius 1 is 1.22 bits per heavy atom. The van der Waals surface area contributed by atoms with Crippen LogP contribution in [0.1, 0.15) is 70.7 Å². The summed E-state index contributed by atoms with van der Waals surface area (Å²) in [5, 5.41) is 8.29. The van der Waals surface area contributed by atoms with Crippen molar-refractivity contribution in [3.05, 3.63) is 28.9 Å². The summed E-state index contributed by atoms with van der Waals surface area (Å²) in [5.74, 6) is -0.0107. The molecule has 4 heterocycles. The lowest BCUT2D eigenvalue weighted by atomic mass is 9.93. The Labute approximate surface area is 226 Å². The lowest BCUT2D eigenvalue weighted by molar-refractivity contribution is -0.116. The summed E-state index contributed by atoms with van der Waals surface area (Å²) in [6, 6.07) is 2.52. The van der Waals surface area contributed by atoms with Crippen molar-refractivity contribution in [3.8, 4) is 10.6 Å². The molecule has 37 heavy (non-hydrogen) atoms. The monoisotopic (exact) mass is 543 g/mol. The summed E-state index contributed by atoms with van der Waals surface area (Å²) in [5.41, 5.74) is 2.44. The molecule has 0 unspecified atom stereocenters. The van der Waals surface area contributed by atoms with Gasteiger partial charge in [-0.2, -0.15) is 0 Å². The molecule has 3 aromatic heterocycles. The highest BCUT2D eigenvalue weighted by atomic mass is 32.1. The Morgan fingerprint density at radius 2 is 2.00 bits per heavy atom. The van der Waals surface area contributed by atoms with Gasteiger partial charge >= 0.3 is 6.09 Å². The Bertz CT molecular complexity index is 1210. The van der Waals surface area contributed by atoms with Gasteiger partial charge in [-0.3, -0.25) is 9.78 Å². The molecule has 8 nitrogen and oxygen atoms in total. The number of pyridine rings is 1. The average molecular weight is 544 g/mol. The number of nitrogens with one attached hydrogen (secondary N) is 2. The molecule has 1 fully saturated rings. The molecule has 2 amide bonds. The van der Waals surface area contributed by atoms with E-state index in [4.69, 9.17) is 9.72 Å². The van der Waals surface area contributed by atoms with Gasteiger partial charge in [0.05, 0.1) is 17.4 Å². The van der Waals surface area contributed by atoms with Gasteiger partial charge in [0.1, 0.15) is 21.1 Å². The van der Waals surface area contributed by atoms with Gasteiger partial charge in [0, 0.05) is 42.2 Å². The van der Waals surface area contributed by atoms with Crippen LogP contribution in [0, 0.1) is 0 Å². The fourth-order valence-corrected chi connectivity index (χ4v) is 6.64. The number of hydrogen-bond acceptors (Lipinski definition) is 8. The maximum atomic E-state index is 12.8. The Morgan fingerprint density at radius 3 is 2.68 bits per heavy atom. The molecule has 1 aliphatic carbocycles. The number of rotatable bonds is 6. The number of thiazole rings is 1. The van der Waals surface area contributed by atoms with Gasteiger partial charge in [-0.05, 0) is 51.7 Å². The summed E-state index contributed by atoms with van der Waals surface area (Å²) >= 11 is 3.14. The molecule has 5 rings (SSSR count). The second kappa shape index (κ2) is 11.9. The van der Waals surface area contributed by atoms with Gasteiger partial charge in [0.2, 0.25) is 5.91 Å². The first-order valence-corrected chi connectivity index (χ1v) is 14.8. The van der Waals surface area contributed by atoms with Crippen molar-refractivity contribution < 1.29 is 14.3 Å². The van der Waals surface area contributed by atoms with Crippen molar-refractivity contribution >= 4 is 49.9 Å². The fraction of sp³-hybridized carbons (Fsp3) is 0.556. The van der Waals surface area contributed by atoms with E-state index in [-0.39, 0.29) is 12.0 Å². The quantitative estimate of drug-likeness (QED) is 0.384. The third kappa shape index (κ3) is 6.66. The summed E-state index contributed by atoms with van der Waals surface area (Å²) in [6.07, 6.45) is 8.00. The summed E-state index contributed by atoms with van der Waals surface area (Å²) in [7, 11) is 0. The first-order chi connectivity index (χ1) is 17.8. The highest BCUT2D eigenvalue weighted by molar-refractivity contribution is 7.22. The number of aromatic nitrogens is 2. The number of ether oxygens (including phenoxy) is 1. The van der Waals surface area contributed by atoms with Crippen LogP contribution in [0.15, 0.2) is 18.5 Å². The third-order valence-electron chi connectivity index (χ3n) is 6.26. The normalized spacial score (nSPS) is 15.4. The minimum atomic E-state index is -0.542. The standard InChI is InChI=1S/C25H31N5O3S2.C2H6/c1-25(2,3)33-24(32)30-12-9-16-19(14-30)35-23(29-20(31)8-11-27-15-5-4-6-15)21(16)22-28-17-13-26-10-7-18(17)34-22;1-2/h7,10,13,15,27H,4-6,8-9,11-12,14H2,1-3H3,(H,29,31);1-2H3. The van der Waals surface area contributed by atoms with E-state index in [0.717, 1.165) is 36.2 Å². The zero-order valence-corrected chi connectivity index (χ0v) is 24.0. The first kappa shape index (κ1) is 27.5. The molecule has 0 atom stereocenters. The van der Waals surface area contributed by atoms with E-state index >= 15 is 0 Å². The van der Waals surface area contributed by atoms with Gasteiger partial charge in [-0.1, -0.05) is 20.3 Å². The molecule has 0 spiro atoms. The van der Waals surface area contributed by atoms with Gasteiger partial charge in [-0.25, -0.2) is 9.78 Å². The Kier molecular flexibility index (Phi) is 8.82. The largest absolute Gasteiger partial charge is 0.444 e. The van der Waals surface area contributed by atoms with Crippen LogP contribution < -0.4 is 10.6 Å². The Hall–Kier alpha value is -2.56. The van der Waals surface area contributed by atoms with Crippen LogP contribution in [0.2, 0.25) is 0 Å². The number of carbonyl (C=O) groups excluding carboxylic acids is 2. The predicted molar refractivity (Wildman–Crippen MR) is 151 cm³/mol. The average Bonchev–Trinajstić information content (AvgIpc) is 3.40. The van der Waals surface area contributed by atoms with E-state index in [2.05, 4.69) is 15.6 Å². The minimum Gasteiger partial charge on any atom is -0.444 e. The lowest BCUT2D eigenvalue weighted by Gasteiger charge is -2.30. The second-order valence-corrected chi connectivity index (χ2v) is 12.2. The molecule has 0 radical (unpaired) electrons. The molecule has 1 saturated carbocycles. The minimum absolute atomic E-state index is 0.0107. The van der Waals surface area contributed by atoms with Gasteiger partial charge in [-0.15, -0.1) is 22.7 Å². The van der Waals surface area contributed by atoms with Crippen LogP contribution >= 0.6 is 22.7 Å². The summed E-state index contributed by atoms with van der Waals surface area (Å²) < 4.78 is 6.65. The molecule has 0 aromatic carbocycles. The van der Waals surface area contributed by atoms with E-state index in [9.17, 15) is 9.59 Å². The van der Waals surface area contributed by atoms with Crippen LogP contribution in [0.4, 0.5) is 9.80 Å². The van der Waals surface area contributed by atoms with Crippen molar-refractivity contribution in [2.75, 3.05) is 18.4 Å². The summed E-state index contributed by atoms with van der Waals surface area (Å²) in [4.78, 5) is 37.4. The van der Waals surface area contributed by atoms with Crippen molar-refractivity contribution in [3.63, 3.8) is 0 Å². The molecule has 1 aliphatic heterocycles. The van der Waals surface area contributed by atoms with Crippen molar-refractivity contribution in [2.45, 2.75) is 84.9 Å². The zero-order valence-electron chi connectivity index (χ0n) is 22.3.